The molecule has 0 amide bonds. The van der Waals surface area contributed by atoms with E-state index in [9.17, 15) is 14.4 Å². The second-order valence-corrected chi connectivity index (χ2v) is 20.5. The summed E-state index contributed by atoms with van der Waals surface area (Å²) in [6.07, 6.45) is 90.6. The lowest BCUT2D eigenvalue weighted by atomic mass is 10.0. The van der Waals surface area contributed by atoms with Crippen LogP contribution in [0.3, 0.4) is 0 Å². The maximum Gasteiger partial charge on any atom is 0.306 e. The first kappa shape index (κ1) is 72.5. The molecule has 0 spiro atoms. The first-order valence-electron chi connectivity index (χ1n) is 31.7. The molecule has 1 atom stereocenters. The van der Waals surface area contributed by atoms with Gasteiger partial charge in [-0.15, -0.1) is 0 Å². The summed E-state index contributed by atoms with van der Waals surface area (Å²) in [6, 6.07) is 0. The molecular weight excluding hydrogens is 949 g/mol. The molecule has 6 heteroatoms. The highest BCUT2D eigenvalue weighted by Crippen LogP contribution is 2.15. The summed E-state index contributed by atoms with van der Waals surface area (Å²) in [5, 5.41) is 0. The molecule has 0 bridgehead atoms. The van der Waals surface area contributed by atoms with Gasteiger partial charge in [0.1, 0.15) is 13.2 Å². The molecule has 0 fully saturated rings. The van der Waals surface area contributed by atoms with Crippen LogP contribution in [0.5, 0.6) is 0 Å². The third-order valence-electron chi connectivity index (χ3n) is 13.1. The third-order valence-corrected chi connectivity index (χ3v) is 13.1. The summed E-state index contributed by atoms with van der Waals surface area (Å²) in [7, 11) is 0. The van der Waals surface area contributed by atoms with Gasteiger partial charge in [-0.1, -0.05) is 270 Å². The van der Waals surface area contributed by atoms with Crippen molar-refractivity contribution in [2.75, 3.05) is 13.2 Å². The Morgan fingerprint density at radius 2 is 0.532 bits per heavy atom. The first-order valence-corrected chi connectivity index (χ1v) is 31.7. The van der Waals surface area contributed by atoms with Crippen molar-refractivity contribution in [2.45, 2.75) is 284 Å². The predicted molar refractivity (Wildman–Crippen MR) is 334 cm³/mol. The maximum atomic E-state index is 12.8. The molecule has 0 aliphatic carbocycles. The normalized spacial score (nSPS) is 13.0. The molecule has 436 valence electrons. The smallest absolute Gasteiger partial charge is 0.306 e. The Morgan fingerprint density at radius 1 is 0.273 bits per heavy atom. The zero-order valence-electron chi connectivity index (χ0n) is 49.9. The van der Waals surface area contributed by atoms with E-state index in [2.05, 4.69) is 142 Å². The van der Waals surface area contributed by atoms with Crippen molar-refractivity contribution in [3.8, 4) is 0 Å². The molecule has 0 saturated heterocycles. The molecule has 0 heterocycles. The van der Waals surface area contributed by atoms with Gasteiger partial charge < -0.3 is 14.2 Å². The van der Waals surface area contributed by atoms with Crippen molar-refractivity contribution in [1.82, 2.24) is 0 Å². The number of rotatable bonds is 56. The van der Waals surface area contributed by atoms with Gasteiger partial charge in [-0.25, -0.2) is 0 Å². The van der Waals surface area contributed by atoms with Gasteiger partial charge in [-0.3, -0.25) is 14.4 Å². The van der Waals surface area contributed by atoms with Crippen LogP contribution in [0.2, 0.25) is 0 Å². The van der Waals surface area contributed by atoms with E-state index in [-0.39, 0.29) is 31.6 Å². The fourth-order valence-corrected chi connectivity index (χ4v) is 8.45. The molecule has 0 aliphatic heterocycles. The molecule has 0 radical (unpaired) electrons. The SMILES string of the molecule is CC/C=C\C/C=C\C/C=C\C/C=C\C/C=C\C/C=C\CCCCCCCCCCCCCCCCC(=O)OCC(COC(=O)CCCCCCC/C=C\CCCCCC)OC(=O)CC/C=C\C/C=C\C/C=C\C/C=C\CC. The zero-order chi connectivity index (χ0) is 55.7. The van der Waals surface area contributed by atoms with E-state index in [1.165, 1.54) is 116 Å². The molecule has 0 N–H and O–H groups in total. The fourth-order valence-electron chi connectivity index (χ4n) is 8.45. The summed E-state index contributed by atoms with van der Waals surface area (Å²) in [5.74, 6) is -1.00. The van der Waals surface area contributed by atoms with Crippen molar-refractivity contribution in [3.05, 3.63) is 134 Å². The average Bonchev–Trinajstić information content (AvgIpc) is 3.43. The number of ether oxygens (including phenoxy) is 3. The van der Waals surface area contributed by atoms with Gasteiger partial charge in [0.05, 0.1) is 0 Å². The minimum Gasteiger partial charge on any atom is -0.462 e. The Bertz CT molecular complexity index is 1650. The van der Waals surface area contributed by atoms with E-state index in [0.29, 0.717) is 19.3 Å². The Morgan fingerprint density at radius 3 is 0.857 bits per heavy atom. The van der Waals surface area contributed by atoms with Crippen molar-refractivity contribution in [1.29, 1.82) is 0 Å². The van der Waals surface area contributed by atoms with E-state index in [1.54, 1.807) is 0 Å². The van der Waals surface area contributed by atoms with Crippen molar-refractivity contribution >= 4 is 17.9 Å². The standard InChI is InChI=1S/C71H116O6/c1-4-7-10-13-16-19-22-25-26-27-28-29-30-31-32-33-34-35-36-37-38-39-40-41-42-43-44-47-49-52-55-58-61-64-70(73)76-67-68(77-71(74)65-62-59-56-53-50-46-24-21-18-15-12-9-6-3)66-75-69(72)63-60-57-54-51-48-45-23-20-17-14-11-8-5-2/h7,9-10,12,16,18-21,23,25-26,28-29,31-32,34-35,46,50,56,59,68H,4-6,8,11,13-15,17,22,24,27,30,33,36-45,47-49,51-55,57-58,60-67H2,1-3H3/b10-7-,12-9-,19-16-,21-18-,23-20-,26-25-,29-28-,32-31-,35-34-,50-46-,59-56-. The Hall–Kier alpha value is -4.45. The number of carbonyl (C=O) groups excluding carboxylic acids is 3. The van der Waals surface area contributed by atoms with E-state index in [4.69, 9.17) is 14.2 Å². The minimum absolute atomic E-state index is 0.111. The van der Waals surface area contributed by atoms with Crippen LogP contribution < -0.4 is 0 Å². The average molecular weight is 1070 g/mol. The van der Waals surface area contributed by atoms with E-state index in [1.807, 2.05) is 12.2 Å². The van der Waals surface area contributed by atoms with Gasteiger partial charge in [-0.2, -0.15) is 0 Å². The van der Waals surface area contributed by atoms with Gasteiger partial charge in [0.15, 0.2) is 6.10 Å². The lowest BCUT2D eigenvalue weighted by Gasteiger charge is -2.18. The number of hydrogen-bond acceptors (Lipinski definition) is 6. The fraction of sp³-hybridized carbons (Fsp3) is 0.648. The quantitative estimate of drug-likeness (QED) is 0.0261. The van der Waals surface area contributed by atoms with Crippen LogP contribution in [-0.2, 0) is 28.6 Å². The van der Waals surface area contributed by atoms with Gasteiger partial charge in [0.25, 0.3) is 0 Å². The molecule has 1 unspecified atom stereocenters. The topological polar surface area (TPSA) is 78.9 Å². The van der Waals surface area contributed by atoms with Crippen LogP contribution >= 0.6 is 0 Å². The molecule has 0 rings (SSSR count). The number of allylic oxidation sites excluding steroid dienone is 22. The van der Waals surface area contributed by atoms with Crippen LogP contribution in [0.25, 0.3) is 0 Å². The predicted octanol–water partition coefficient (Wildman–Crippen LogP) is 21.8. The van der Waals surface area contributed by atoms with Crippen LogP contribution in [0.15, 0.2) is 134 Å². The first-order chi connectivity index (χ1) is 38.0. The Balaban J connectivity index is 4.21. The lowest BCUT2D eigenvalue weighted by Crippen LogP contribution is -2.30. The van der Waals surface area contributed by atoms with Crippen LogP contribution in [0.1, 0.15) is 278 Å². The Kier molecular flexibility index (Phi) is 60.4. The van der Waals surface area contributed by atoms with E-state index < -0.39 is 12.1 Å². The molecule has 6 nitrogen and oxygen atoms in total. The van der Waals surface area contributed by atoms with Crippen LogP contribution in [0, 0.1) is 0 Å². The summed E-state index contributed by atoms with van der Waals surface area (Å²) < 4.78 is 16.8. The molecular formula is C71H116O6. The third kappa shape index (κ3) is 62.3. The molecule has 0 saturated carbocycles. The van der Waals surface area contributed by atoms with Gasteiger partial charge in [0, 0.05) is 19.3 Å². The van der Waals surface area contributed by atoms with Crippen LogP contribution in [0.4, 0.5) is 0 Å². The largest absolute Gasteiger partial charge is 0.462 e. The van der Waals surface area contributed by atoms with Gasteiger partial charge >= 0.3 is 17.9 Å². The molecule has 0 aromatic carbocycles. The summed E-state index contributed by atoms with van der Waals surface area (Å²) in [6.45, 7) is 6.33. The number of esters is 3. The summed E-state index contributed by atoms with van der Waals surface area (Å²) >= 11 is 0. The van der Waals surface area contributed by atoms with Gasteiger partial charge in [0.2, 0.25) is 0 Å². The van der Waals surface area contributed by atoms with E-state index in [0.717, 1.165) is 116 Å². The second-order valence-electron chi connectivity index (χ2n) is 20.5. The summed E-state index contributed by atoms with van der Waals surface area (Å²) in [5.41, 5.74) is 0. The lowest BCUT2D eigenvalue weighted by molar-refractivity contribution is -0.166. The van der Waals surface area contributed by atoms with E-state index >= 15 is 0 Å². The van der Waals surface area contributed by atoms with Crippen molar-refractivity contribution < 1.29 is 28.6 Å². The molecule has 0 aliphatic rings. The van der Waals surface area contributed by atoms with Crippen molar-refractivity contribution in [3.63, 3.8) is 0 Å². The second kappa shape index (κ2) is 64.1. The number of unbranched alkanes of at least 4 members (excludes halogenated alkanes) is 23. The highest BCUT2D eigenvalue weighted by Gasteiger charge is 2.19. The molecule has 0 aromatic heterocycles. The number of carbonyl (C=O) groups is 3. The van der Waals surface area contributed by atoms with Crippen molar-refractivity contribution in [2.24, 2.45) is 0 Å². The monoisotopic (exact) mass is 1060 g/mol. The van der Waals surface area contributed by atoms with Crippen LogP contribution in [-0.4, -0.2) is 37.2 Å². The van der Waals surface area contributed by atoms with Gasteiger partial charge in [-0.05, 0) is 122 Å². The number of hydrogen-bond donors (Lipinski definition) is 0. The minimum atomic E-state index is -0.822. The zero-order valence-corrected chi connectivity index (χ0v) is 49.9. The molecule has 0 aromatic rings. The highest BCUT2D eigenvalue weighted by molar-refractivity contribution is 5.71. The summed E-state index contributed by atoms with van der Waals surface area (Å²) in [4.78, 5) is 38.1. The Labute approximate surface area is 475 Å². The maximum absolute atomic E-state index is 12.8. The molecule has 77 heavy (non-hydrogen) atoms. The highest BCUT2D eigenvalue weighted by atomic mass is 16.6.